The minimum atomic E-state index is -4.31. The molecule has 0 aliphatic rings. The molecule has 0 spiro atoms. The summed E-state index contributed by atoms with van der Waals surface area (Å²) >= 11 is 0. The third-order valence-electron chi connectivity index (χ3n) is 3.32. The van der Waals surface area contributed by atoms with Gasteiger partial charge in [-0.25, -0.2) is 9.59 Å². The quantitative estimate of drug-likeness (QED) is 0.0963. The minimum Gasteiger partial charge on any atom is -0.481 e. The summed E-state index contributed by atoms with van der Waals surface area (Å²) in [6, 6.07) is 0. The van der Waals surface area contributed by atoms with Gasteiger partial charge in [0.1, 0.15) is 0 Å². The molecular formula is C14H20Na2O14S2. The van der Waals surface area contributed by atoms with Crippen molar-refractivity contribution < 1.29 is 65.5 Å². The van der Waals surface area contributed by atoms with E-state index in [9.17, 15) is 36.0 Å². The molecule has 0 aromatic rings. The number of rotatable bonds is 12. The molecule has 0 fully saturated rings. The van der Waals surface area contributed by atoms with E-state index in [0.717, 1.165) is 0 Å². The van der Waals surface area contributed by atoms with Gasteiger partial charge in [-0.2, -0.15) is 16.8 Å². The fraction of sp³-hybridized carbons (Fsp3) is 0.429. The van der Waals surface area contributed by atoms with Crippen LogP contribution in [0.25, 0.3) is 0 Å². The summed E-state index contributed by atoms with van der Waals surface area (Å²) in [6.45, 7) is 6.04. The van der Waals surface area contributed by atoms with E-state index in [2.05, 4.69) is 13.2 Å². The van der Waals surface area contributed by atoms with Crippen LogP contribution in [0, 0.1) is 11.8 Å². The molecule has 174 valence electrons. The molecule has 6 N–H and O–H groups in total. The van der Waals surface area contributed by atoms with Crippen LogP contribution >= 0.6 is 0 Å². The smallest absolute Gasteiger partial charge is 0.331 e. The summed E-state index contributed by atoms with van der Waals surface area (Å²) in [4.78, 5) is 41.9. The van der Waals surface area contributed by atoms with E-state index in [4.69, 9.17) is 29.5 Å². The third kappa shape index (κ3) is 18.7. The van der Waals surface area contributed by atoms with Crippen LogP contribution in [0.3, 0.4) is 0 Å². The van der Waals surface area contributed by atoms with Crippen LogP contribution in [-0.4, -0.2) is 141 Å². The molecule has 0 rings (SSSR count). The van der Waals surface area contributed by atoms with Gasteiger partial charge in [-0.05, 0) is 12.8 Å². The molecule has 0 aliphatic heterocycles. The molecule has 0 heterocycles. The van der Waals surface area contributed by atoms with Crippen LogP contribution in [0.2, 0.25) is 0 Å². The average Bonchev–Trinajstić information content (AvgIpc) is 2.52. The van der Waals surface area contributed by atoms with E-state index < -0.39 is 91.4 Å². The summed E-state index contributed by atoms with van der Waals surface area (Å²) < 4.78 is 58.1. The van der Waals surface area contributed by atoms with Crippen LogP contribution in [-0.2, 0) is 39.4 Å². The van der Waals surface area contributed by atoms with Crippen molar-refractivity contribution in [2.45, 2.75) is 12.8 Å². The standard InChI is InChI=1S/2C7H10O7S.2Na/c2*1-4(6(8)9)5(7(10)11)2-3-15(12,13)14;;/h2*5H,1-3H2,(H,8,9)(H,10,11)(H,12,13,14);;. The summed E-state index contributed by atoms with van der Waals surface area (Å²) in [6.07, 6.45) is -1.06. The molecule has 2 unspecified atom stereocenters. The Morgan fingerprint density at radius 2 is 0.844 bits per heavy atom. The predicted molar refractivity (Wildman–Crippen MR) is 109 cm³/mol. The van der Waals surface area contributed by atoms with Gasteiger partial charge in [-0.15, -0.1) is 0 Å². The fourth-order valence-corrected chi connectivity index (χ4v) is 2.79. The molecule has 0 aromatic heterocycles. The first-order valence-corrected chi connectivity index (χ1v) is 10.7. The largest absolute Gasteiger partial charge is 0.481 e. The Morgan fingerprint density at radius 3 is 0.969 bits per heavy atom. The van der Waals surface area contributed by atoms with E-state index in [1.54, 1.807) is 0 Å². The van der Waals surface area contributed by atoms with Crippen molar-refractivity contribution in [1.29, 1.82) is 0 Å². The first-order valence-electron chi connectivity index (χ1n) is 7.50. The van der Waals surface area contributed by atoms with Gasteiger partial charge in [-0.1, -0.05) is 13.2 Å². The van der Waals surface area contributed by atoms with Gasteiger partial charge in [0.15, 0.2) is 0 Å². The van der Waals surface area contributed by atoms with Gasteiger partial charge in [0.25, 0.3) is 20.2 Å². The zero-order valence-electron chi connectivity index (χ0n) is 17.2. The summed E-state index contributed by atoms with van der Waals surface area (Å²) in [5, 5.41) is 34.1. The van der Waals surface area contributed by atoms with Gasteiger partial charge in [0, 0.05) is 70.3 Å². The van der Waals surface area contributed by atoms with Crippen molar-refractivity contribution in [3.05, 3.63) is 24.3 Å². The van der Waals surface area contributed by atoms with Crippen molar-refractivity contribution in [3.63, 3.8) is 0 Å². The molecule has 14 nitrogen and oxygen atoms in total. The molecule has 18 heteroatoms. The van der Waals surface area contributed by atoms with E-state index in [1.165, 1.54) is 0 Å². The SMILES string of the molecule is C=C(C(=O)O)C(CCS(=O)(=O)O)C(=O)O.C=C(C(=O)O)C(CCS(=O)(=O)O)C(=O)O.[Na].[Na]. The number of carboxylic acid groups (broad SMARTS) is 4. The summed E-state index contributed by atoms with van der Waals surface area (Å²) in [5.41, 5.74) is -1.24. The zero-order valence-corrected chi connectivity index (χ0v) is 22.8. The number of carboxylic acids is 4. The van der Waals surface area contributed by atoms with E-state index in [0.29, 0.717) is 0 Å². The van der Waals surface area contributed by atoms with Gasteiger partial charge in [0.05, 0.1) is 23.3 Å². The van der Waals surface area contributed by atoms with Crippen LogP contribution in [0.5, 0.6) is 0 Å². The molecule has 32 heavy (non-hydrogen) atoms. The first kappa shape index (κ1) is 38.4. The van der Waals surface area contributed by atoms with Crippen LogP contribution in [0.1, 0.15) is 12.8 Å². The Balaban J connectivity index is -0.000000231. The molecule has 0 saturated heterocycles. The van der Waals surface area contributed by atoms with Crippen LogP contribution < -0.4 is 0 Å². The second-order valence-electron chi connectivity index (χ2n) is 5.59. The minimum absolute atomic E-state index is 0. The summed E-state index contributed by atoms with van der Waals surface area (Å²) in [5.74, 6) is -10.7. The molecule has 2 radical (unpaired) electrons. The van der Waals surface area contributed by atoms with Gasteiger partial charge in [-0.3, -0.25) is 18.7 Å². The van der Waals surface area contributed by atoms with Gasteiger partial charge in [0.2, 0.25) is 0 Å². The summed E-state index contributed by atoms with van der Waals surface area (Å²) in [7, 11) is -8.62. The Bertz CT molecular complexity index is 847. The number of carbonyl (C=O) groups is 4. The predicted octanol–water partition coefficient (Wildman–Crippen LogP) is -1.55. The fourth-order valence-electron chi connectivity index (χ4n) is 1.73. The monoisotopic (exact) mass is 522 g/mol. The molecule has 0 aliphatic carbocycles. The van der Waals surface area contributed by atoms with Crippen molar-refractivity contribution in [2.75, 3.05) is 11.5 Å². The number of hydrogen-bond acceptors (Lipinski definition) is 8. The van der Waals surface area contributed by atoms with Crippen LogP contribution in [0.15, 0.2) is 24.3 Å². The topological polar surface area (TPSA) is 258 Å². The number of hydrogen-bond donors (Lipinski definition) is 6. The molecule has 0 bridgehead atoms. The van der Waals surface area contributed by atoms with Crippen molar-refractivity contribution in [1.82, 2.24) is 0 Å². The van der Waals surface area contributed by atoms with Crippen molar-refractivity contribution >= 4 is 103 Å². The van der Waals surface area contributed by atoms with Gasteiger partial charge >= 0.3 is 23.9 Å². The Morgan fingerprint density at radius 1 is 0.625 bits per heavy atom. The number of aliphatic carboxylic acids is 4. The molecule has 0 amide bonds. The maximum Gasteiger partial charge on any atom is 0.331 e. The second kappa shape index (κ2) is 16.7. The maximum atomic E-state index is 10.6. The molecular weight excluding hydrogens is 502 g/mol. The molecule has 0 aromatic carbocycles. The van der Waals surface area contributed by atoms with E-state index in [1.807, 2.05) is 0 Å². The van der Waals surface area contributed by atoms with E-state index in [-0.39, 0.29) is 59.1 Å². The third-order valence-corrected chi connectivity index (χ3v) is 4.82. The van der Waals surface area contributed by atoms with Gasteiger partial charge < -0.3 is 20.4 Å². The Labute approximate surface area is 227 Å². The molecule has 0 saturated carbocycles. The zero-order chi connectivity index (χ0) is 24.4. The normalized spacial score (nSPS) is 12.3. The Hall–Kier alpha value is -0.820. The van der Waals surface area contributed by atoms with E-state index >= 15 is 0 Å². The van der Waals surface area contributed by atoms with Crippen molar-refractivity contribution in [3.8, 4) is 0 Å². The van der Waals surface area contributed by atoms with Crippen molar-refractivity contribution in [2.24, 2.45) is 11.8 Å². The Kier molecular flexibility index (Phi) is 20.1. The second-order valence-corrected chi connectivity index (χ2v) is 8.74. The van der Waals surface area contributed by atoms with Crippen LogP contribution in [0.4, 0.5) is 0 Å². The maximum absolute atomic E-state index is 10.6. The average molecular weight is 522 g/mol. The molecule has 2 atom stereocenters. The first-order chi connectivity index (χ1) is 13.3.